The second-order valence-corrected chi connectivity index (χ2v) is 4.89. The summed E-state index contributed by atoms with van der Waals surface area (Å²) in [5, 5.41) is 11.6. The van der Waals surface area contributed by atoms with E-state index in [0.29, 0.717) is 10.6 Å². The molecule has 0 aromatic heterocycles. The van der Waals surface area contributed by atoms with E-state index >= 15 is 0 Å². The predicted octanol–water partition coefficient (Wildman–Crippen LogP) is 3.98. The van der Waals surface area contributed by atoms with Crippen molar-refractivity contribution in [3.05, 3.63) is 74.3 Å². The van der Waals surface area contributed by atoms with E-state index in [4.69, 9.17) is 11.6 Å². The van der Waals surface area contributed by atoms with Gasteiger partial charge >= 0.3 is 0 Å². The Hall–Kier alpha value is -2.20. The number of ketones is 1. The minimum atomic E-state index is -0.530. The molecule has 5 heteroatoms. The van der Waals surface area contributed by atoms with Crippen LogP contribution in [-0.2, 0) is 6.42 Å². The summed E-state index contributed by atoms with van der Waals surface area (Å²) in [6.07, 6.45) is 0.0895. The fourth-order valence-electron chi connectivity index (χ4n) is 2.09. The van der Waals surface area contributed by atoms with Gasteiger partial charge in [0.15, 0.2) is 5.78 Å². The Balaban J connectivity index is 2.37. The molecule has 0 spiro atoms. The third-order valence-electron chi connectivity index (χ3n) is 2.98. The minimum absolute atomic E-state index is 0.0895. The molecule has 0 atom stereocenters. The monoisotopic (exact) mass is 289 g/mol. The number of Topliss-reactive ketones (excluding diaryl/α,β-unsaturated/α-hetero) is 1. The van der Waals surface area contributed by atoms with E-state index in [1.165, 1.54) is 6.07 Å². The fraction of sp³-hybridized carbons (Fsp3) is 0.133. The Labute approximate surface area is 121 Å². The molecule has 4 nitrogen and oxygen atoms in total. The quantitative estimate of drug-likeness (QED) is 0.486. The van der Waals surface area contributed by atoms with Crippen LogP contribution >= 0.6 is 11.6 Å². The van der Waals surface area contributed by atoms with E-state index in [1.807, 2.05) is 0 Å². The minimum Gasteiger partial charge on any atom is -0.294 e. The van der Waals surface area contributed by atoms with Crippen LogP contribution < -0.4 is 0 Å². The van der Waals surface area contributed by atoms with Crippen molar-refractivity contribution in [2.75, 3.05) is 0 Å². The molecule has 0 amide bonds. The molecule has 0 unspecified atom stereocenters. The molecule has 0 N–H and O–H groups in total. The summed E-state index contributed by atoms with van der Waals surface area (Å²) in [7, 11) is 0. The van der Waals surface area contributed by atoms with Crippen molar-refractivity contribution in [1.82, 2.24) is 0 Å². The normalized spacial score (nSPS) is 10.3. The zero-order valence-corrected chi connectivity index (χ0v) is 11.6. The smallest absolute Gasteiger partial charge is 0.280 e. The first kappa shape index (κ1) is 14.2. The van der Waals surface area contributed by atoms with Gasteiger partial charge in [0.25, 0.3) is 5.69 Å². The maximum atomic E-state index is 12.3. The lowest BCUT2D eigenvalue weighted by molar-refractivity contribution is -0.385. The van der Waals surface area contributed by atoms with E-state index < -0.39 is 4.92 Å². The molecular formula is C15H12ClNO3. The summed E-state index contributed by atoms with van der Waals surface area (Å²) >= 11 is 5.87. The Morgan fingerprint density at radius 1 is 1.25 bits per heavy atom. The average molecular weight is 290 g/mol. The summed E-state index contributed by atoms with van der Waals surface area (Å²) in [4.78, 5) is 22.8. The van der Waals surface area contributed by atoms with E-state index in [1.54, 1.807) is 43.3 Å². The largest absolute Gasteiger partial charge is 0.294 e. The van der Waals surface area contributed by atoms with Gasteiger partial charge in [-0.25, -0.2) is 0 Å². The van der Waals surface area contributed by atoms with Gasteiger partial charge in [0, 0.05) is 17.5 Å². The van der Waals surface area contributed by atoms with Crippen molar-refractivity contribution in [2.45, 2.75) is 13.3 Å². The van der Waals surface area contributed by atoms with Crippen molar-refractivity contribution >= 4 is 23.1 Å². The van der Waals surface area contributed by atoms with E-state index in [9.17, 15) is 14.9 Å². The first-order chi connectivity index (χ1) is 9.49. The highest BCUT2D eigenvalue weighted by Gasteiger charge is 2.22. The number of nitrogens with zero attached hydrogens (tertiary/aromatic N) is 1. The molecule has 0 heterocycles. The molecule has 2 rings (SSSR count). The van der Waals surface area contributed by atoms with Crippen LogP contribution in [0.5, 0.6) is 0 Å². The topological polar surface area (TPSA) is 60.2 Å². The van der Waals surface area contributed by atoms with Crippen LogP contribution in [0.2, 0.25) is 5.02 Å². The molecule has 20 heavy (non-hydrogen) atoms. The lowest BCUT2D eigenvalue weighted by atomic mass is 9.97. The van der Waals surface area contributed by atoms with Crippen molar-refractivity contribution in [1.29, 1.82) is 0 Å². The van der Waals surface area contributed by atoms with Crippen molar-refractivity contribution in [2.24, 2.45) is 0 Å². The Kier molecular flexibility index (Phi) is 4.15. The third kappa shape index (κ3) is 3.03. The number of nitro benzene ring substituents is 1. The Morgan fingerprint density at radius 2 is 1.95 bits per heavy atom. The average Bonchev–Trinajstić information content (AvgIpc) is 2.38. The fourth-order valence-corrected chi connectivity index (χ4v) is 2.30. The number of carbonyl (C=O) groups excluding carboxylic acids is 1. The first-order valence-electron chi connectivity index (χ1n) is 6.00. The molecular weight excluding hydrogens is 278 g/mol. The highest BCUT2D eigenvalue weighted by atomic mass is 35.5. The van der Waals surface area contributed by atoms with Crippen LogP contribution in [0.1, 0.15) is 21.5 Å². The van der Waals surface area contributed by atoms with Crippen molar-refractivity contribution < 1.29 is 9.72 Å². The molecule has 0 aliphatic heterocycles. The van der Waals surface area contributed by atoms with Crippen molar-refractivity contribution in [3.63, 3.8) is 0 Å². The van der Waals surface area contributed by atoms with Crippen LogP contribution in [-0.4, -0.2) is 10.7 Å². The van der Waals surface area contributed by atoms with E-state index in [-0.39, 0.29) is 23.5 Å². The summed E-state index contributed by atoms with van der Waals surface area (Å²) in [6, 6.07) is 11.5. The van der Waals surface area contributed by atoms with Crippen LogP contribution in [0.4, 0.5) is 5.69 Å². The van der Waals surface area contributed by atoms with Gasteiger partial charge in [-0.05, 0) is 30.2 Å². The molecule has 0 aliphatic carbocycles. The maximum Gasteiger partial charge on any atom is 0.280 e. The lowest BCUT2D eigenvalue weighted by Crippen LogP contribution is -2.09. The molecule has 2 aromatic rings. The number of hydrogen-bond acceptors (Lipinski definition) is 3. The molecule has 0 saturated heterocycles. The molecule has 2 aromatic carbocycles. The molecule has 102 valence electrons. The highest BCUT2D eigenvalue weighted by molar-refractivity contribution is 6.30. The number of halogens is 1. The van der Waals surface area contributed by atoms with Gasteiger partial charge in [-0.1, -0.05) is 35.9 Å². The lowest BCUT2D eigenvalue weighted by Gasteiger charge is -2.06. The summed E-state index contributed by atoms with van der Waals surface area (Å²) < 4.78 is 0. The standard InChI is InChI=1S/C15H12ClNO3/c1-10-4-2-7-13(17(19)20)15(10)14(18)9-11-5-3-6-12(16)8-11/h2-8H,9H2,1H3. The highest BCUT2D eigenvalue weighted by Crippen LogP contribution is 2.24. The van der Waals surface area contributed by atoms with Gasteiger partial charge in [-0.2, -0.15) is 0 Å². The first-order valence-corrected chi connectivity index (χ1v) is 6.38. The van der Waals surface area contributed by atoms with Gasteiger partial charge in [0.2, 0.25) is 0 Å². The number of benzene rings is 2. The maximum absolute atomic E-state index is 12.3. The van der Waals surface area contributed by atoms with Crippen LogP contribution in [0.15, 0.2) is 42.5 Å². The van der Waals surface area contributed by atoms with Gasteiger partial charge in [-0.15, -0.1) is 0 Å². The summed E-state index contributed by atoms with van der Waals surface area (Å²) in [6.45, 7) is 1.69. The number of rotatable bonds is 4. The third-order valence-corrected chi connectivity index (χ3v) is 3.22. The second-order valence-electron chi connectivity index (χ2n) is 4.46. The number of aryl methyl sites for hydroxylation is 1. The van der Waals surface area contributed by atoms with E-state index in [2.05, 4.69) is 0 Å². The predicted molar refractivity (Wildman–Crippen MR) is 77.3 cm³/mol. The molecule has 0 bridgehead atoms. The summed E-state index contributed by atoms with van der Waals surface area (Å²) in [5.74, 6) is -0.280. The number of hydrogen-bond donors (Lipinski definition) is 0. The van der Waals surface area contributed by atoms with Gasteiger partial charge < -0.3 is 0 Å². The zero-order chi connectivity index (χ0) is 14.7. The molecule has 0 radical (unpaired) electrons. The van der Waals surface area contributed by atoms with Gasteiger partial charge in [0.1, 0.15) is 0 Å². The molecule has 0 aliphatic rings. The van der Waals surface area contributed by atoms with E-state index in [0.717, 1.165) is 5.56 Å². The molecule has 0 fully saturated rings. The van der Waals surface area contributed by atoms with Crippen LogP contribution in [0.25, 0.3) is 0 Å². The Bertz CT molecular complexity index is 683. The summed E-state index contributed by atoms with van der Waals surface area (Å²) in [5.41, 5.74) is 1.35. The molecule has 0 saturated carbocycles. The second kappa shape index (κ2) is 5.84. The number of nitro groups is 1. The van der Waals surface area contributed by atoms with Crippen LogP contribution in [0.3, 0.4) is 0 Å². The van der Waals surface area contributed by atoms with Crippen LogP contribution in [0, 0.1) is 17.0 Å². The van der Waals surface area contributed by atoms with Crippen molar-refractivity contribution in [3.8, 4) is 0 Å². The number of carbonyl (C=O) groups is 1. The van der Waals surface area contributed by atoms with Gasteiger partial charge in [-0.3, -0.25) is 14.9 Å². The van der Waals surface area contributed by atoms with Gasteiger partial charge in [0.05, 0.1) is 10.5 Å². The Morgan fingerprint density at radius 3 is 2.60 bits per heavy atom. The SMILES string of the molecule is Cc1cccc([N+](=O)[O-])c1C(=O)Cc1cccc(Cl)c1. The zero-order valence-electron chi connectivity index (χ0n) is 10.8.